The van der Waals surface area contributed by atoms with Gasteiger partial charge < -0.3 is 14.7 Å². The van der Waals surface area contributed by atoms with Crippen LogP contribution in [0.1, 0.15) is 49.3 Å². The third-order valence-electron chi connectivity index (χ3n) is 6.00. The van der Waals surface area contributed by atoms with Crippen LogP contribution in [0, 0.1) is 5.82 Å². The summed E-state index contributed by atoms with van der Waals surface area (Å²) in [5, 5.41) is 11.0. The summed E-state index contributed by atoms with van der Waals surface area (Å²) in [6, 6.07) is 11.6. The van der Waals surface area contributed by atoms with Gasteiger partial charge in [-0.15, -0.1) is 0 Å². The second kappa shape index (κ2) is 8.30. The highest BCUT2D eigenvalue weighted by Gasteiger charge is 2.49. The second-order valence-corrected chi connectivity index (χ2v) is 7.75. The number of carbonyl (C=O) groups excluding carboxylic acids is 2. The zero-order chi connectivity index (χ0) is 21.3. The van der Waals surface area contributed by atoms with Gasteiger partial charge in [0, 0.05) is 17.2 Å². The highest BCUT2D eigenvalue weighted by molar-refractivity contribution is 6.46. The van der Waals surface area contributed by atoms with Gasteiger partial charge in [-0.25, -0.2) is 4.39 Å². The lowest BCUT2D eigenvalue weighted by molar-refractivity contribution is -0.141. The Balaban J connectivity index is 1.90. The lowest BCUT2D eigenvalue weighted by Gasteiger charge is -2.35. The Morgan fingerprint density at radius 3 is 2.37 bits per heavy atom. The smallest absolute Gasteiger partial charge is 0.295 e. The van der Waals surface area contributed by atoms with Crippen LogP contribution in [0.5, 0.6) is 5.75 Å². The molecule has 1 saturated carbocycles. The van der Waals surface area contributed by atoms with Crippen LogP contribution >= 0.6 is 0 Å². The summed E-state index contributed by atoms with van der Waals surface area (Å²) in [6.45, 7) is 0. The molecule has 6 heteroatoms. The van der Waals surface area contributed by atoms with E-state index in [9.17, 15) is 19.1 Å². The number of ether oxygens (including phenoxy) is 1. The van der Waals surface area contributed by atoms with Crippen LogP contribution < -0.4 is 4.74 Å². The molecular weight excluding hydrogens is 385 g/mol. The first-order chi connectivity index (χ1) is 14.5. The number of methoxy groups -OCH3 is 1. The van der Waals surface area contributed by atoms with Crippen molar-refractivity contribution in [1.82, 2.24) is 4.90 Å². The van der Waals surface area contributed by atoms with Crippen molar-refractivity contribution in [1.29, 1.82) is 0 Å². The number of amides is 1. The van der Waals surface area contributed by atoms with Gasteiger partial charge in [0.1, 0.15) is 17.3 Å². The van der Waals surface area contributed by atoms with Crippen LogP contribution in [0.25, 0.3) is 5.76 Å². The second-order valence-electron chi connectivity index (χ2n) is 7.75. The van der Waals surface area contributed by atoms with Gasteiger partial charge >= 0.3 is 0 Å². The van der Waals surface area contributed by atoms with Crippen molar-refractivity contribution >= 4 is 17.4 Å². The average molecular weight is 409 g/mol. The fourth-order valence-electron chi connectivity index (χ4n) is 4.55. The van der Waals surface area contributed by atoms with Gasteiger partial charge in [-0.3, -0.25) is 9.59 Å². The average Bonchev–Trinajstić information content (AvgIpc) is 3.04. The Kier molecular flexibility index (Phi) is 5.57. The summed E-state index contributed by atoms with van der Waals surface area (Å²) in [7, 11) is 1.53. The third kappa shape index (κ3) is 3.47. The molecule has 1 aliphatic carbocycles. The van der Waals surface area contributed by atoms with E-state index in [2.05, 4.69) is 0 Å². The van der Waals surface area contributed by atoms with Crippen molar-refractivity contribution < 1.29 is 23.8 Å². The number of hydrogen-bond donors (Lipinski definition) is 1. The molecule has 30 heavy (non-hydrogen) atoms. The van der Waals surface area contributed by atoms with Gasteiger partial charge in [0.15, 0.2) is 0 Å². The molecule has 0 bridgehead atoms. The molecule has 5 nitrogen and oxygen atoms in total. The molecular formula is C24H24FNO4. The van der Waals surface area contributed by atoms with Crippen molar-refractivity contribution in [2.45, 2.75) is 44.2 Å². The molecule has 1 aliphatic heterocycles. The molecule has 156 valence electrons. The first kappa shape index (κ1) is 20.1. The summed E-state index contributed by atoms with van der Waals surface area (Å²) in [5.74, 6) is -1.55. The van der Waals surface area contributed by atoms with Crippen LogP contribution in [0.2, 0.25) is 0 Å². The summed E-state index contributed by atoms with van der Waals surface area (Å²) in [4.78, 5) is 27.8. The minimum atomic E-state index is -0.755. The fourth-order valence-corrected chi connectivity index (χ4v) is 4.55. The Morgan fingerprint density at radius 1 is 1.03 bits per heavy atom. The van der Waals surface area contributed by atoms with E-state index in [4.69, 9.17) is 4.74 Å². The number of aliphatic hydroxyl groups is 1. The zero-order valence-electron chi connectivity index (χ0n) is 16.8. The molecule has 2 aromatic carbocycles. The molecule has 1 unspecified atom stereocenters. The van der Waals surface area contributed by atoms with E-state index in [0.717, 1.165) is 32.1 Å². The number of ketones is 1. The number of Topliss-reactive ketones (excluding diaryl/α,β-unsaturated/α-hetero) is 1. The van der Waals surface area contributed by atoms with Gasteiger partial charge in [-0.2, -0.15) is 0 Å². The van der Waals surface area contributed by atoms with Crippen molar-refractivity contribution in [2.75, 3.05) is 7.11 Å². The maximum Gasteiger partial charge on any atom is 0.295 e. The van der Waals surface area contributed by atoms with E-state index in [0.29, 0.717) is 11.3 Å². The fraction of sp³-hybridized carbons (Fsp3) is 0.333. The summed E-state index contributed by atoms with van der Waals surface area (Å²) >= 11 is 0. The first-order valence-electron chi connectivity index (χ1n) is 10.2. The van der Waals surface area contributed by atoms with E-state index < -0.39 is 23.5 Å². The summed E-state index contributed by atoms with van der Waals surface area (Å²) < 4.78 is 18.9. The van der Waals surface area contributed by atoms with Crippen LogP contribution in [0.4, 0.5) is 4.39 Å². The van der Waals surface area contributed by atoms with Gasteiger partial charge in [0.25, 0.3) is 11.7 Å². The molecule has 0 radical (unpaired) electrons. The molecule has 4 rings (SSSR count). The number of rotatable bonds is 4. The molecule has 2 aromatic rings. The van der Waals surface area contributed by atoms with E-state index in [1.54, 1.807) is 11.0 Å². The minimum absolute atomic E-state index is 0.0154. The van der Waals surface area contributed by atoms with Gasteiger partial charge in [0.2, 0.25) is 0 Å². The molecule has 2 aliphatic rings. The monoisotopic (exact) mass is 409 g/mol. The van der Waals surface area contributed by atoms with E-state index in [-0.39, 0.29) is 22.9 Å². The molecule has 1 amide bonds. The third-order valence-corrected chi connectivity index (χ3v) is 6.00. The number of hydrogen-bond acceptors (Lipinski definition) is 4. The summed E-state index contributed by atoms with van der Waals surface area (Å²) in [6.07, 6.45) is 4.72. The molecule has 1 saturated heterocycles. The van der Waals surface area contributed by atoms with Gasteiger partial charge in [-0.1, -0.05) is 37.5 Å². The lowest BCUT2D eigenvalue weighted by atomic mass is 9.90. The Morgan fingerprint density at radius 2 is 1.70 bits per heavy atom. The molecule has 0 spiro atoms. The first-order valence-corrected chi connectivity index (χ1v) is 10.2. The van der Waals surface area contributed by atoms with E-state index in [1.807, 2.05) is 18.2 Å². The summed E-state index contributed by atoms with van der Waals surface area (Å²) in [5.41, 5.74) is 0.952. The van der Waals surface area contributed by atoms with E-state index in [1.165, 1.54) is 31.4 Å². The van der Waals surface area contributed by atoms with E-state index >= 15 is 0 Å². The predicted molar refractivity (Wildman–Crippen MR) is 110 cm³/mol. The molecule has 0 aromatic heterocycles. The van der Waals surface area contributed by atoms with Gasteiger partial charge in [-0.05, 0) is 43.2 Å². The van der Waals surface area contributed by atoms with Crippen molar-refractivity contribution in [3.05, 3.63) is 71.0 Å². The normalized spacial score (nSPS) is 21.8. The maximum absolute atomic E-state index is 13.4. The highest BCUT2D eigenvalue weighted by atomic mass is 19.1. The Bertz CT molecular complexity index is 993. The largest absolute Gasteiger partial charge is 0.507 e. The molecule has 2 fully saturated rings. The predicted octanol–water partition coefficient (Wildman–Crippen LogP) is 4.59. The number of benzene rings is 2. The van der Waals surface area contributed by atoms with Crippen molar-refractivity contribution in [3.63, 3.8) is 0 Å². The molecule has 1 atom stereocenters. The zero-order valence-corrected chi connectivity index (χ0v) is 16.8. The minimum Gasteiger partial charge on any atom is -0.507 e. The number of nitrogens with zero attached hydrogens (tertiary/aromatic N) is 1. The number of para-hydroxylation sites is 1. The number of aliphatic hydroxyl groups excluding tert-OH is 1. The van der Waals surface area contributed by atoms with Crippen molar-refractivity contribution in [3.8, 4) is 5.75 Å². The Hall–Kier alpha value is -3.15. The van der Waals surface area contributed by atoms with Crippen LogP contribution in [0.15, 0.2) is 54.1 Å². The number of halogens is 1. The maximum atomic E-state index is 13.4. The molecule has 1 heterocycles. The number of carbonyl (C=O) groups is 2. The molecule has 1 N–H and O–H groups in total. The van der Waals surface area contributed by atoms with Crippen LogP contribution in [-0.4, -0.2) is 34.8 Å². The topological polar surface area (TPSA) is 66.8 Å². The van der Waals surface area contributed by atoms with Crippen LogP contribution in [-0.2, 0) is 9.59 Å². The SMILES string of the molecule is COc1ccccc1C1/C(=C(/O)c2ccc(F)cc2)C(=O)C(=O)N1C1CCCCC1. The van der Waals surface area contributed by atoms with Gasteiger partial charge in [0.05, 0.1) is 18.7 Å². The number of likely N-dealkylation sites (tertiary alicyclic amines) is 1. The highest BCUT2D eigenvalue weighted by Crippen LogP contribution is 2.45. The standard InChI is InChI=1S/C24H24FNO4/c1-30-19-10-6-5-9-18(19)21-20(22(27)15-11-13-16(25)14-12-15)23(28)24(29)26(21)17-7-3-2-4-8-17/h5-6,9-14,17,21,27H,2-4,7-8H2,1H3/b22-20-. The van der Waals surface area contributed by atoms with Crippen molar-refractivity contribution in [2.24, 2.45) is 0 Å². The Labute approximate surface area is 174 Å². The lowest BCUT2D eigenvalue weighted by Crippen LogP contribution is -2.40. The quantitative estimate of drug-likeness (QED) is 0.456. The van der Waals surface area contributed by atoms with Crippen LogP contribution in [0.3, 0.4) is 0 Å².